The van der Waals surface area contributed by atoms with Crippen molar-refractivity contribution in [1.82, 2.24) is 15.3 Å². The smallest absolute Gasteiger partial charge is 0.356 e. The maximum Gasteiger partial charge on any atom is 0.412 e. The van der Waals surface area contributed by atoms with Crippen LogP contribution in [0.25, 0.3) is 10.9 Å². The fourth-order valence-corrected chi connectivity index (χ4v) is 2.87. The Morgan fingerprint density at radius 3 is 2.69 bits per heavy atom. The van der Waals surface area contributed by atoms with Crippen molar-refractivity contribution in [3.05, 3.63) is 65.4 Å². The van der Waals surface area contributed by atoms with Gasteiger partial charge in [0.2, 0.25) is 5.91 Å². The Hall–Kier alpha value is -2.90. The maximum atomic E-state index is 13.8. The molecule has 4 nitrogen and oxygen atoms in total. The molecular formula is C18H15F4N3O. The average molecular weight is 365 g/mol. The van der Waals surface area contributed by atoms with Crippen LogP contribution < -0.4 is 5.32 Å². The molecule has 0 fully saturated rings. The number of alkyl halides is 3. The first-order valence-corrected chi connectivity index (χ1v) is 7.79. The molecule has 0 unspecified atom stereocenters. The largest absolute Gasteiger partial charge is 0.412 e. The Kier molecular flexibility index (Phi) is 4.67. The number of pyridine rings is 1. The number of nitrogens with zero attached hydrogens (tertiary/aromatic N) is 1. The van der Waals surface area contributed by atoms with Crippen LogP contribution in [-0.2, 0) is 11.2 Å². The standard InChI is InChI=1S/C18H15F4N3O/c1-10-13(12-5-2-6-14(19)16(12)24-10)8-15(26)25-17(18(20,21)22)11-4-3-7-23-9-11/h2-7,9,17,24H,8H2,1H3,(H,25,26)/t17-/m1/s1. The van der Waals surface area contributed by atoms with Crippen molar-refractivity contribution in [1.29, 1.82) is 0 Å². The molecule has 0 bridgehead atoms. The van der Waals surface area contributed by atoms with Gasteiger partial charge < -0.3 is 10.3 Å². The van der Waals surface area contributed by atoms with Crippen molar-refractivity contribution in [2.24, 2.45) is 0 Å². The monoisotopic (exact) mass is 365 g/mol. The highest BCUT2D eigenvalue weighted by molar-refractivity contribution is 5.90. The molecule has 0 aliphatic heterocycles. The van der Waals surface area contributed by atoms with E-state index in [1.54, 1.807) is 13.0 Å². The number of fused-ring (bicyclic) bond motifs is 1. The van der Waals surface area contributed by atoms with Crippen LogP contribution in [0.1, 0.15) is 22.9 Å². The number of amides is 1. The van der Waals surface area contributed by atoms with Gasteiger partial charge in [0.25, 0.3) is 0 Å². The molecule has 2 N–H and O–H groups in total. The zero-order valence-corrected chi connectivity index (χ0v) is 13.7. The number of H-pyrrole nitrogens is 1. The lowest BCUT2D eigenvalue weighted by Gasteiger charge is -2.21. The molecule has 1 aromatic carbocycles. The van der Waals surface area contributed by atoms with Gasteiger partial charge in [-0.25, -0.2) is 4.39 Å². The molecule has 136 valence electrons. The fourth-order valence-electron chi connectivity index (χ4n) is 2.87. The lowest BCUT2D eigenvalue weighted by atomic mass is 10.1. The summed E-state index contributed by atoms with van der Waals surface area (Å²) in [5.74, 6) is -1.30. The quantitative estimate of drug-likeness (QED) is 0.688. The molecule has 0 radical (unpaired) electrons. The van der Waals surface area contributed by atoms with Crippen molar-refractivity contribution in [2.75, 3.05) is 0 Å². The van der Waals surface area contributed by atoms with E-state index in [1.165, 1.54) is 30.5 Å². The van der Waals surface area contributed by atoms with E-state index in [1.807, 2.05) is 5.32 Å². The van der Waals surface area contributed by atoms with Crippen molar-refractivity contribution >= 4 is 16.8 Å². The van der Waals surface area contributed by atoms with E-state index >= 15 is 0 Å². The number of nitrogens with one attached hydrogen (secondary N) is 2. The van der Waals surface area contributed by atoms with Crippen molar-refractivity contribution < 1.29 is 22.4 Å². The van der Waals surface area contributed by atoms with E-state index in [4.69, 9.17) is 0 Å². The molecule has 3 aromatic rings. The summed E-state index contributed by atoms with van der Waals surface area (Å²) < 4.78 is 53.8. The molecular weight excluding hydrogens is 350 g/mol. The predicted molar refractivity (Wildman–Crippen MR) is 87.9 cm³/mol. The first-order chi connectivity index (χ1) is 12.3. The molecule has 26 heavy (non-hydrogen) atoms. The Bertz CT molecular complexity index is 935. The molecule has 0 aliphatic rings. The number of halogens is 4. The lowest BCUT2D eigenvalue weighted by Crippen LogP contribution is -2.39. The number of benzene rings is 1. The molecule has 1 atom stereocenters. The second-order valence-corrected chi connectivity index (χ2v) is 5.90. The number of para-hydroxylation sites is 1. The molecule has 0 saturated heterocycles. The van der Waals surface area contributed by atoms with E-state index in [9.17, 15) is 22.4 Å². The summed E-state index contributed by atoms with van der Waals surface area (Å²) in [7, 11) is 0. The van der Waals surface area contributed by atoms with Gasteiger partial charge >= 0.3 is 6.18 Å². The number of rotatable bonds is 4. The number of hydrogen-bond acceptors (Lipinski definition) is 2. The van der Waals surface area contributed by atoms with Gasteiger partial charge in [0, 0.05) is 29.0 Å². The third kappa shape index (κ3) is 3.54. The van der Waals surface area contributed by atoms with E-state index in [0.717, 1.165) is 6.20 Å². The Labute approximate surface area is 146 Å². The maximum absolute atomic E-state index is 13.8. The summed E-state index contributed by atoms with van der Waals surface area (Å²) in [5.41, 5.74) is 1.07. The highest BCUT2D eigenvalue weighted by Gasteiger charge is 2.42. The molecule has 3 rings (SSSR count). The summed E-state index contributed by atoms with van der Waals surface area (Å²) in [6.07, 6.45) is -2.56. The zero-order valence-electron chi connectivity index (χ0n) is 13.7. The number of aryl methyl sites for hydroxylation is 1. The number of aromatic amines is 1. The minimum atomic E-state index is -4.67. The molecule has 1 amide bonds. The van der Waals surface area contributed by atoms with Crippen molar-refractivity contribution in [3.63, 3.8) is 0 Å². The van der Waals surface area contributed by atoms with Gasteiger partial charge in [0.1, 0.15) is 5.82 Å². The molecule has 0 spiro atoms. The van der Waals surface area contributed by atoms with E-state index in [2.05, 4.69) is 9.97 Å². The first-order valence-electron chi connectivity index (χ1n) is 7.79. The summed E-state index contributed by atoms with van der Waals surface area (Å²) in [6.45, 7) is 1.64. The Morgan fingerprint density at radius 2 is 2.04 bits per heavy atom. The third-order valence-electron chi connectivity index (χ3n) is 4.09. The number of carbonyl (C=O) groups excluding carboxylic acids is 1. The molecule has 2 aromatic heterocycles. The minimum Gasteiger partial charge on any atom is -0.356 e. The SMILES string of the molecule is Cc1[nH]c2c(F)cccc2c1CC(=O)N[C@H](c1cccnc1)C(F)(F)F. The van der Waals surface area contributed by atoms with E-state index in [-0.39, 0.29) is 17.5 Å². The van der Waals surface area contributed by atoms with Gasteiger partial charge in [0.15, 0.2) is 6.04 Å². The molecule has 8 heteroatoms. The van der Waals surface area contributed by atoms with Crippen LogP contribution in [0.2, 0.25) is 0 Å². The topological polar surface area (TPSA) is 57.8 Å². The highest BCUT2D eigenvalue weighted by Crippen LogP contribution is 2.32. The van der Waals surface area contributed by atoms with E-state index < -0.39 is 23.9 Å². The van der Waals surface area contributed by atoms with Crippen molar-refractivity contribution in [3.8, 4) is 0 Å². The van der Waals surface area contributed by atoms with Gasteiger partial charge in [0.05, 0.1) is 11.9 Å². The molecule has 0 saturated carbocycles. The van der Waals surface area contributed by atoms with Gasteiger partial charge in [-0.15, -0.1) is 0 Å². The van der Waals surface area contributed by atoms with Crippen LogP contribution in [0, 0.1) is 12.7 Å². The first kappa shape index (κ1) is 17.9. The number of carbonyl (C=O) groups is 1. The van der Waals surface area contributed by atoms with Crippen LogP contribution >= 0.6 is 0 Å². The average Bonchev–Trinajstić information content (AvgIpc) is 2.90. The van der Waals surface area contributed by atoms with Gasteiger partial charge in [-0.3, -0.25) is 9.78 Å². The number of aromatic nitrogens is 2. The fraction of sp³-hybridized carbons (Fsp3) is 0.222. The van der Waals surface area contributed by atoms with Crippen LogP contribution in [0.4, 0.5) is 17.6 Å². The summed E-state index contributed by atoms with van der Waals surface area (Å²) >= 11 is 0. The lowest BCUT2D eigenvalue weighted by molar-refractivity contribution is -0.163. The second-order valence-electron chi connectivity index (χ2n) is 5.90. The van der Waals surface area contributed by atoms with Crippen LogP contribution in [0.5, 0.6) is 0 Å². The highest BCUT2D eigenvalue weighted by atomic mass is 19.4. The molecule has 2 heterocycles. The summed E-state index contributed by atoms with van der Waals surface area (Å²) in [6, 6.07) is 4.83. The third-order valence-corrected chi connectivity index (χ3v) is 4.09. The van der Waals surface area contributed by atoms with Crippen LogP contribution in [0.3, 0.4) is 0 Å². The zero-order chi connectivity index (χ0) is 18.9. The predicted octanol–water partition coefficient (Wildman–Crippen LogP) is 3.97. The normalized spacial score (nSPS) is 13.0. The Morgan fingerprint density at radius 1 is 1.27 bits per heavy atom. The number of hydrogen-bond donors (Lipinski definition) is 2. The Balaban J connectivity index is 1.86. The van der Waals surface area contributed by atoms with Crippen LogP contribution in [0.15, 0.2) is 42.7 Å². The second kappa shape index (κ2) is 6.78. The van der Waals surface area contributed by atoms with Gasteiger partial charge in [-0.05, 0) is 24.6 Å². The van der Waals surface area contributed by atoms with Gasteiger partial charge in [-0.1, -0.05) is 18.2 Å². The van der Waals surface area contributed by atoms with Crippen LogP contribution in [-0.4, -0.2) is 22.1 Å². The van der Waals surface area contributed by atoms with Gasteiger partial charge in [-0.2, -0.15) is 13.2 Å². The minimum absolute atomic E-state index is 0.157. The summed E-state index contributed by atoms with van der Waals surface area (Å²) in [5, 5.41) is 2.48. The molecule has 0 aliphatic carbocycles. The summed E-state index contributed by atoms with van der Waals surface area (Å²) in [4.78, 5) is 18.8. The van der Waals surface area contributed by atoms with E-state index in [0.29, 0.717) is 16.6 Å². The van der Waals surface area contributed by atoms with Crippen molar-refractivity contribution in [2.45, 2.75) is 25.6 Å².